The molecule has 1 heterocycles. The van der Waals surface area contributed by atoms with Crippen LogP contribution in [0.25, 0.3) is 0 Å². The van der Waals surface area contributed by atoms with Gasteiger partial charge in [0.25, 0.3) is 0 Å². The zero-order valence-electron chi connectivity index (χ0n) is 10.2. The van der Waals surface area contributed by atoms with Crippen molar-refractivity contribution in [2.24, 2.45) is 11.7 Å². The van der Waals surface area contributed by atoms with Gasteiger partial charge >= 0.3 is 0 Å². The lowest BCUT2D eigenvalue weighted by Crippen LogP contribution is -2.43. The molecule has 1 saturated heterocycles. The van der Waals surface area contributed by atoms with Gasteiger partial charge in [-0.3, -0.25) is 9.59 Å². The molecule has 2 amide bonds. The summed E-state index contributed by atoms with van der Waals surface area (Å²) in [6.45, 7) is 3.60. The molecule has 17 heavy (non-hydrogen) atoms. The Bertz CT molecular complexity index is 271. The number of nitrogens with two attached hydrogens (primary N) is 1. The van der Waals surface area contributed by atoms with Crippen molar-refractivity contribution in [3.8, 4) is 0 Å². The molecule has 0 saturated carbocycles. The van der Waals surface area contributed by atoms with Crippen LogP contribution in [-0.2, 0) is 14.3 Å². The number of rotatable bonds is 6. The summed E-state index contributed by atoms with van der Waals surface area (Å²) in [5, 5.41) is 6.10. The van der Waals surface area contributed by atoms with Crippen LogP contribution in [0.3, 0.4) is 0 Å². The van der Waals surface area contributed by atoms with Crippen molar-refractivity contribution in [2.45, 2.75) is 25.8 Å². The lowest BCUT2D eigenvalue weighted by Gasteiger charge is -2.27. The van der Waals surface area contributed by atoms with Crippen molar-refractivity contribution in [3.05, 3.63) is 0 Å². The van der Waals surface area contributed by atoms with Crippen LogP contribution in [0.15, 0.2) is 0 Å². The normalized spacial score (nSPS) is 24.3. The lowest BCUT2D eigenvalue weighted by atomic mass is 9.92. The standard InChI is InChI=1S/C11H21N3O3/c1-8-6-9(2-3-13-8)11(16)14-4-5-17-7-10(12)15/h8-9,13H,2-7H2,1H3,(H2,12,15)(H,14,16). The van der Waals surface area contributed by atoms with Crippen LogP contribution in [-0.4, -0.2) is 44.2 Å². The molecule has 0 aliphatic carbocycles. The van der Waals surface area contributed by atoms with Crippen LogP contribution in [0.2, 0.25) is 0 Å². The van der Waals surface area contributed by atoms with Crippen LogP contribution in [0.4, 0.5) is 0 Å². The third-order valence-corrected chi connectivity index (χ3v) is 2.78. The Kier molecular flexibility index (Phi) is 5.93. The molecule has 6 nitrogen and oxygen atoms in total. The third kappa shape index (κ3) is 5.65. The second-order valence-corrected chi connectivity index (χ2v) is 4.39. The minimum absolute atomic E-state index is 0.0704. The van der Waals surface area contributed by atoms with Crippen molar-refractivity contribution < 1.29 is 14.3 Å². The summed E-state index contributed by atoms with van der Waals surface area (Å²) in [6.07, 6.45) is 1.74. The van der Waals surface area contributed by atoms with Crippen LogP contribution in [0.5, 0.6) is 0 Å². The molecule has 0 aromatic heterocycles. The first-order chi connectivity index (χ1) is 8.09. The Morgan fingerprint density at radius 1 is 1.53 bits per heavy atom. The highest BCUT2D eigenvalue weighted by Gasteiger charge is 2.24. The summed E-state index contributed by atoms with van der Waals surface area (Å²) in [7, 11) is 0. The average molecular weight is 243 g/mol. The highest BCUT2D eigenvalue weighted by Crippen LogP contribution is 2.15. The van der Waals surface area contributed by atoms with E-state index >= 15 is 0 Å². The molecule has 0 bridgehead atoms. The van der Waals surface area contributed by atoms with Crippen LogP contribution >= 0.6 is 0 Å². The predicted molar refractivity (Wildman–Crippen MR) is 63.2 cm³/mol. The van der Waals surface area contributed by atoms with Gasteiger partial charge in [-0.05, 0) is 26.3 Å². The van der Waals surface area contributed by atoms with E-state index in [1.807, 2.05) is 0 Å². The summed E-state index contributed by atoms with van der Waals surface area (Å²) in [6, 6.07) is 0.394. The molecule has 1 aliphatic rings. The Morgan fingerprint density at radius 2 is 2.29 bits per heavy atom. The highest BCUT2D eigenvalue weighted by molar-refractivity contribution is 5.78. The number of piperidine rings is 1. The maximum atomic E-state index is 11.8. The number of primary amides is 1. The van der Waals surface area contributed by atoms with E-state index < -0.39 is 5.91 Å². The molecule has 2 atom stereocenters. The van der Waals surface area contributed by atoms with Gasteiger partial charge in [0.05, 0.1) is 6.61 Å². The van der Waals surface area contributed by atoms with Gasteiger partial charge in [-0.15, -0.1) is 0 Å². The molecule has 0 aromatic rings. The number of hydrogen-bond donors (Lipinski definition) is 3. The van der Waals surface area contributed by atoms with Crippen molar-refractivity contribution in [3.63, 3.8) is 0 Å². The minimum Gasteiger partial charge on any atom is -0.370 e. The Hall–Kier alpha value is -1.14. The van der Waals surface area contributed by atoms with Crippen molar-refractivity contribution in [2.75, 3.05) is 26.3 Å². The van der Waals surface area contributed by atoms with Crippen LogP contribution in [0.1, 0.15) is 19.8 Å². The van der Waals surface area contributed by atoms with Gasteiger partial charge in [0, 0.05) is 18.5 Å². The van der Waals surface area contributed by atoms with E-state index in [0.29, 0.717) is 19.2 Å². The molecule has 6 heteroatoms. The van der Waals surface area contributed by atoms with Crippen molar-refractivity contribution >= 4 is 11.8 Å². The lowest BCUT2D eigenvalue weighted by molar-refractivity contribution is -0.126. The number of carbonyl (C=O) groups is 2. The molecule has 2 unspecified atom stereocenters. The van der Waals surface area contributed by atoms with Crippen molar-refractivity contribution in [1.82, 2.24) is 10.6 Å². The zero-order chi connectivity index (χ0) is 12.7. The van der Waals surface area contributed by atoms with Crippen molar-refractivity contribution in [1.29, 1.82) is 0 Å². The summed E-state index contributed by atoms with van der Waals surface area (Å²) >= 11 is 0. The highest BCUT2D eigenvalue weighted by atomic mass is 16.5. The predicted octanol–water partition coefficient (Wildman–Crippen LogP) is -1.01. The zero-order valence-corrected chi connectivity index (χ0v) is 10.2. The van der Waals surface area contributed by atoms with Crippen LogP contribution < -0.4 is 16.4 Å². The quantitative estimate of drug-likeness (QED) is 0.521. The molecular formula is C11H21N3O3. The summed E-state index contributed by atoms with van der Waals surface area (Å²) in [5.74, 6) is -0.341. The maximum absolute atomic E-state index is 11.8. The minimum atomic E-state index is -0.497. The van der Waals surface area contributed by atoms with Gasteiger partial charge in [0.2, 0.25) is 11.8 Å². The van der Waals surface area contributed by atoms with E-state index in [-0.39, 0.29) is 18.4 Å². The smallest absolute Gasteiger partial charge is 0.243 e. The molecule has 0 spiro atoms. The Morgan fingerprint density at radius 3 is 2.94 bits per heavy atom. The molecule has 0 aromatic carbocycles. The van der Waals surface area contributed by atoms with Gasteiger partial charge < -0.3 is 21.1 Å². The number of amides is 2. The number of carbonyl (C=O) groups excluding carboxylic acids is 2. The van der Waals surface area contributed by atoms with E-state index in [0.717, 1.165) is 19.4 Å². The fourth-order valence-corrected chi connectivity index (χ4v) is 1.93. The number of ether oxygens (including phenoxy) is 1. The molecule has 1 fully saturated rings. The molecule has 98 valence electrons. The van der Waals surface area contributed by atoms with E-state index in [1.54, 1.807) is 0 Å². The second-order valence-electron chi connectivity index (χ2n) is 4.39. The SMILES string of the molecule is CC1CC(C(=O)NCCOCC(N)=O)CCN1. The largest absolute Gasteiger partial charge is 0.370 e. The van der Waals surface area contributed by atoms with E-state index in [9.17, 15) is 9.59 Å². The number of hydrogen-bond acceptors (Lipinski definition) is 4. The first-order valence-electron chi connectivity index (χ1n) is 5.96. The monoisotopic (exact) mass is 243 g/mol. The maximum Gasteiger partial charge on any atom is 0.243 e. The van der Waals surface area contributed by atoms with Gasteiger partial charge in [0.15, 0.2) is 0 Å². The third-order valence-electron chi connectivity index (χ3n) is 2.78. The first-order valence-corrected chi connectivity index (χ1v) is 5.96. The second kappa shape index (κ2) is 7.24. The molecular weight excluding hydrogens is 222 g/mol. The average Bonchev–Trinajstić information content (AvgIpc) is 2.28. The number of nitrogens with one attached hydrogen (secondary N) is 2. The molecule has 1 aliphatic heterocycles. The van der Waals surface area contributed by atoms with Gasteiger partial charge in [-0.1, -0.05) is 0 Å². The van der Waals surface area contributed by atoms with Gasteiger partial charge in [0.1, 0.15) is 6.61 Å². The molecule has 1 rings (SSSR count). The van der Waals surface area contributed by atoms with Gasteiger partial charge in [-0.25, -0.2) is 0 Å². The summed E-state index contributed by atoms with van der Waals surface area (Å²) in [5.41, 5.74) is 4.91. The fourth-order valence-electron chi connectivity index (χ4n) is 1.93. The topological polar surface area (TPSA) is 93.4 Å². The van der Waals surface area contributed by atoms with Gasteiger partial charge in [-0.2, -0.15) is 0 Å². The first kappa shape index (κ1) is 13.9. The van der Waals surface area contributed by atoms with E-state index in [2.05, 4.69) is 17.6 Å². The fraction of sp³-hybridized carbons (Fsp3) is 0.818. The molecule has 0 radical (unpaired) electrons. The molecule has 4 N–H and O–H groups in total. The Labute approximate surface area is 101 Å². The Balaban J connectivity index is 2.10. The van der Waals surface area contributed by atoms with Crippen LogP contribution in [0, 0.1) is 5.92 Å². The van der Waals surface area contributed by atoms with E-state index in [1.165, 1.54) is 0 Å². The summed E-state index contributed by atoms with van der Waals surface area (Å²) < 4.78 is 4.95. The van der Waals surface area contributed by atoms with E-state index in [4.69, 9.17) is 10.5 Å². The summed E-state index contributed by atoms with van der Waals surface area (Å²) in [4.78, 5) is 22.1.